The maximum absolute atomic E-state index is 11.7. The summed E-state index contributed by atoms with van der Waals surface area (Å²) in [6, 6.07) is 18.2. The topological polar surface area (TPSA) is 101 Å². The molecule has 0 radical (unpaired) electrons. The molecule has 0 spiro atoms. The molecule has 152 valence electrons. The van der Waals surface area contributed by atoms with Crippen LogP contribution in [-0.4, -0.2) is 41.0 Å². The Labute approximate surface area is 168 Å². The molecule has 2 aromatic carbocycles. The number of pyridine rings is 1. The van der Waals surface area contributed by atoms with Gasteiger partial charge in [0.05, 0.1) is 18.7 Å². The van der Waals surface area contributed by atoms with Crippen molar-refractivity contribution < 1.29 is 24.5 Å². The number of amides is 1. The molecule has 0 aliphatic rings. The molecular weight excluding hydrogens is 372 g/mol. The van der Waals surface area contributed by atoms with Crippen molar-refractivity contribution in [2.24, 2.45) is 0 Å². The van der Waals surface area contributed by atoms with Crippen LogP contribution in [0.1, 0.15) is 23.7 Å². The zero-order valence-electron chi connectivity index (χ0n) is 16.1. The van der Waals surface area contributed by atoms with Crippen molar-refractivity contribution in [2.75, 3.05) is 13.7 Å². The highest BCUT2D eigenvalue weighted by Gasteiger charge is 2.19. The Morgan fingerprint density at radius 3 is 2.66 bits per heavy atom. The number of fused-ring (bicyclic) bond motifs is 1. The molecule has 3 N–H and O–H groups in total. The van der Waals surface area contributed by atoms with Crippen molar-refractivity contribution in [1.29, 1.82) is 0 Å². The summed E-state index contributed by atoms with van der Waals surface area (Å²) >= 11 is 0. The average Bonchev–Trinajstić information content (AvgIpc) is 2.77. The number of nitrogens with zero attached hydrogens (tertiary/aromatic N) is 1. The molecule has 3 rings (SSSR count). The minimum Gasteiger partial charge on any atom is -0.481 e. The van der Waals surface area contributed by atoms with E-state index in [1.165, 1.54) is 0 Å². The van der Waals surface area contributed by atoms with Crippen LogP contribution in [0, 0.1) is 0 Å². The fourth-order valence-electron chi connectivity index (χ4n) is 2.90. The van der Waals surface area contributed by atoms with Crippen LogP contribution in [0.3, 0.4) is 0 Å². The number of carbonyl (C=O) groups excluding carboxylic acids is 1. The number of benzene rings is 2. The van der Waals surface area contributed by atoms with Gasteiger partial charge < -0.3 is 25.0 Å². The van der Waals surface area contributed by atoms with Crippen molar-refractivity contribution in [3.05, 3.63) is 71.8 Å². The van der Waals surface area contributed by atoms with Crippen LogP contribution in [0.5, 0.6) is 5.88 Å². The Kier molecular flexibility index (Phi) is 6.99. The number of aliphatic hydroxyl groups is 2. The van der Waals surface area contributed by atoms with Gasteiger partial charge in [0.1, 0.15) is 12.7 Å². The van der Waals surface area contributed by atoms with Crippen LogP contribution >= 0.6 is 0 Å². The number of hydrogen-bond donors (Lipinski definition) is 3. The number of aliphatic hydroxyl groups excluding tert-OH is 2. The van der Waals surface area contributed by atoms with Gasteiger partial charge >= 0.3 is 6.09 Å². The fraction of sp³-hybridized carbons (Fsp3) is 0.273. The molecular formula is C22H24N2O5. The van der Waals surface area contributed by atoms with Gasteiger partial charge in [-0.3, -0.25) is 0 Å². The maximum atomic E-state index is 11.7. The number of rotatable bonds is 8. The number of nitrogens with one attached hydrogen (secondary N) is 1. The SMILES string of the molecule is COc1ccc2cc(C(O)C(O)CCNC(=O)OCc3ccccc3)ccc2n1. The van der Waals surface area contributed by atoms with Gasteiger partial charge in [0.25, 0.3) is 0 Å². The van der Waals surface area contributed by atoms with Crippen LogP contribution in [0.15, 0.2) is 60.7 Å². The average molecular weight is 396 g/mol. The normalized spacial score (nSPS) is 12.9. The predicted molar refractivity (Wildman–Crippen MR) is 109 cm³/mol. The number of ether oxygens (including phenoxy) is 2. The van der Waals surface area contributed by atoms with E-state index in [1.54, 1.807) is 31.4 Å². The van der Waals surface area contributed by atoms with Gasteiger partial charge in [-0.2, -0.15) is 0 Å². The van der Waals surface area contributed by atoms with Crippen molar-refractivity contribution in [3.8, 4) is 5.88 Å². The largest absolute Gasteiger partial charge is 0.481 e. The fourth-order valence-corrected chi connectivity index (χ4v) is 2.90. The second kappa shape index (κ2) is 9.86. The number of alkyl carbamates (subject to hydrolysis) is 1. The Morgan fingerprint density at radius 1 is 1.10 bits per heavy atom. The molecule has 0 aliphatic heterocycles. The van der Waals surface area contributed by atoms with E-state index in [2.05, 4.69) is 10.3 Å². The van der Waals surface area contributed by atoms with Gasteiger partial charge in [0.2, 0.25) is 5.88 Å². The van der Waals surface area contributed by atoms with Crippen molar-refractivity contribution >= 4 is 17.0 Å². The molecule has 0 saturated carbocycles. The highest BCUT2D eigenvalue weighted by atomic mass is 16.5. The molecule has 0 saturated heterocycles. The van der Waals surface area contributed by atoms with Crippen LogP contribution in [-0.2, 0) is 11.3 Å². The van der Waals surface area contributed by atoms with Gasteiger partial charge in [-0.1, -0.05) is 36.4 Å². The molecule has 0 fully saturated rings. The van der Waals surface area contributed by atoms with Gasteiger partial charge in [0, 0.05) is 18.0 Å². The highest BCUT2D eigenvalue weighted by molar-refractivity contribution is 5.80. The van der Waals surface area contributed by atoms with Gasteiger partial charge in [-0.25, -0.2) is 9.78 Å². The first kappa shape index (κ1) is 20.6. The molecule has 2 atom stereocenters. The van der Waals surface area contributed by atoms with Crippen LogP contribution in [0.4, 0.5) is 4.79 Å². The van der Waals surface area contributed by atoms with E-state index in [9.17, 15) is 15.0 Å². The summed E-state index contributed by atoms with van der Waals surface area (Å²) in [6.45, 7) is 0.353. The van der Waals surface area contributed by atoms with Crippen molar-refractivity contribution in [2.45, 2.75) is 25.2 Å². The number of hydrogen-bond acceptors (Lipinski definition) is 6. The lowest BCUT2D eigenvalue weighted by Gasteiger charge is -2.19. The van der Waals surface area contributed by atoms with E-state index in [0.717, 1.165) is 16.5 Å². The molecule has 1 amide bonds. The van der Waals surface area contributed by atoms with E-state index < -0.39 is 18.3 Å². The lowest BCUT2D eigenvalue weighted by Crippen LogP contribution is -2.29. The monoisotopic (exact) mass is 396 g/mol. The highest BCUT2D eigenvalue weighted by Crippen LogP contribution is 2.24. The predicted octanol–water partition coefficient (Wildman–Crippen LogP) is 2.95. The third-order valence-corrected chi connectivity index (χ3v) is 4.53. The first-order valence-electron chi connectivity index (χ1n) is 9.32. The molecule has 1 heterocycles. The molecule has 29 heavy (non-hydrogen) atoms. The molecule has 1 aromatic heterocycles. The Balaban J connectivity index is 1.48. The second-order valence-electron chi connectivity index (χ2n) is 6.60. The zero-order valence-corrected chi connectivity index (χ0v) is 16.1. The van der Waals surface area contributed by atoms with Crippen LogP contribution in [0.2, 0.25) is 0 Å². The molecule has 2 unspecified atom stereocenters. The molecule has 7 heteroatoms. The standard InChI is InChI=1S/C22H24N2O5/c1-28-20-10-8-16-13-17(7-9-18(16)24-20)21(26)19(25)11-12-23-22(27)29-14-15-5-3-2-4-6-15/h2-10,13,19,21,25-26H,11-12,14H2,1H3,(H,23,27). The summed E-state index contributed by atoms with van der Waals surface area (Å²) in [5, 5.41) is 24.1. The first-order chi connectivity index (χ1) is 14.1. The first-order valence-corrected chi connectivity index (χ1v) is 9.32. The maximum Gasteiger partial charge on any atom is 0.407 e. The lowest BCUT2D eigenvalue weighted by atomic mass is 10.0. The Bertz CT molecular complexity index is 948. The zero-order chi connectivity index (χ0) is 20.6. The van der Waals surface area contributed by atoms with Crippen molar-refractivity contribution in [3.63, 3.8) is 0 Å². The smallest absolute Gasteiger partial charge is 0.407 e. The van der Waals surface area contributed by atoms with E-state index in [-0.39, 0.29) is 19.6 Å². The third-order valence-electron chi connectivity index (χ3n) is 4.53. The molecule has 0 aliphatic carbocycles. The van der Waals surface area contributed by atoms with E-state index in [1.807, 2.05) is 36.4 Å². The molecule has 0 bridgehead atoms. The summed E-state index contributed by atoms with van der Waals surface area (Å²) in [6.07, 6.45) is -2.50. The quantitative estimate of drug-likeness (QED) is 0.541. The third kappa shape index (κ3) is 5.66. The Hall–Kier alpha value is -3.16. The number of methoxy groups -OCH3 is 1. The van der Waals surface area contributed by atoms with Crippen LogP contribution in [0.25, 0.3) is 10.9 Å². The minimum absolute atomic E-state index is 0.174. The van der Waals surface area contributed by atoms with Crippen molar-refractivity contribution in [1.82, 2.24) is 10.3 Å². The minimum atomic E-state index is -1.08. The van der Waals surface area contributed by atoms with Gasteiger partial charge in [-0.15, -0.1) is 0 Å². The summed E-state index contributed by atoms with van der Waals surface area (Å²) < 4.78 is 10.2. The van der Waals surface area contributed by atoms with E-state index >= 15 is 0 Å². The molecule has 7 nitrogen and oxygen atoms in total. The number of aromatic nitrogens is 1. The number of carbonyl (C=O) groups is 1. The molecule has 3 aromatic rings. The summed E-state index contributed by atoms with van der Waals surface area (Å²) in [7, 11) is 1.55. The van der Waals surface area contributed by atoms with Gasteiger partial charge in [-0.05, 0) is 35.7 Å². The second-order valence-corrected chi connectivity index (χ2v) is 6.60. The summed E-state index contributed by atoms with van der Waals surface area (Å²) in [5.41, 5.74) is 2.20. The summed E-state index contributed by atoms with van der Waals surface area (Å²) in [4.78, 5) is 16.1. The lowest BCUT2D eigenvalue weighted by molar-refractivity contribution is 0.0137. The summed E-state index contributed by atoms with van der Waals surface area (Å²) in [5.74, 6) is 0.510. The van der Waals surface area contributed by atoms with E-state index in [0.29, 0.717) is 11.4 Å². The van der Waals surface area contributed by atoms with E-state index in [4.69, 9.17) is 9.47 Å². The Morgan fingerprint density at radius 2 is 1.90 bits per heavy atom. The van der Waals surface area contributed by atoms with Gasteiger partial charge in [0.15, 0.2) is 0 Å². The van der Waals surface area contributed by atoms with Crippen LogP contribution < -0.4 is 10.1 Å².